The Kier molecular flexibility index (Phi) is 10.8. The number of benzene rings is 13. The van der Waals surface area contributed by atoms with Gasteiger partial charge in [0, 0.05) is 54.6 Å². The normalized spacial score (nSPS) is 11.9. The number of aromatic nitrogens is 7. The standard InChI is InChI=1S/C79H47N7O/c1-2-19-54(20-3-1)77-80-69-45-44-63-66-47-55(43-46-71(66)86(75(63)76(69)87-77)79-82-68-33-12-9-27-65(68)73(84-79)53-41-37-51(38-42-53)59-29-15-22-49-18-5-7-24-57(49)59)60-30-16-31-62-61-25-10-13-34-70(61)85(74(60)62)78-81-67-32-11-8-26-64(67)72(83-78)52-39-35-50(36-40-52)58-28-14-21-48-17-4-6-23-56(48)58/h1-47H. The largest absolute Gasteiger partial charge is 0.434 e. The highest BCUT2D eigenvalue weighted by Gasteiger charge is 2.25. The van der Waals surface area contributed by atoms with Crippen molar-refractivity contribution in [2.24, 2.45) is 0 Å². The van der Waals surface area contributed by atoms with Crippen LogP contribution in [0, 0.1) is 0 Å². The van der Waals surface area contributed by atoms with E-state index in [1.807, 2.05) is 36.4 Å². The Labute approximate surface area is 498 Å². The maximum atomic E-state index is 6.93. The molecule has 0 amide bonds. The number of hydrogen-bond donors (Lipinski definition) is 0. The molecule has 0 fully saturated rings. The maximum Gasteiger partial charge on any atom is 0.235 e. The molecule has 0 aliphatic rings. The fraction of sp³-hybridized carbons (Fsp3) is 0. The molecule has 5 aromatic heterocycles. The van der Waals surface area contributed by atoms with Gasteiger partial charge < -0.3 is 4.42 Å². The quantitative estimate of drug-likeness (QED) is 0.151. The zero-order valence-electron chi connectivity index (χ0n) is 46.7. The summed E-state index contributed by atoms with van der Waals surface area (Å²) >= 11 is 0. The van der Waals surface area contributed by atoms with Gasteiger partial charge in [0.25, 0.3) is 0 Å². The summed E-state index contributed by atoms with van der Waals surface area (Å²) in [6.07, 6.45) is 0. The van der Waals surface area contributed by atoms with E-state index in [0.29, 0.717) is 23.4 Å². The van der Waals surface area contributed by atoms with Crippen molar-refractivity contribution in [3.05, 3.63) is 285 Å². The Morgan fingerprint density at radius 3 is 1.34 bits per heavy atom. The van der Waals surface area contributed by atoms with Gasteiger partial charge in [0.15, 0.2) is 5.58 Å². The topological polar surface area (TPSA) is 87.5 Å². The highest BCUT2D eigenvalue weighted by Crippen LogP contribution is 2.44. The van der Waals surface area contributed by atoms with Crippen LogP contribution in [0.5, 0.6) is 0 Å². The summed E-state index contributed by atoms with van der Waals surface area (Å²) in [6, 6.07) is 101. The third-order valence-electron chi connectivity index (χ3n) is 17.4. The summed E-state index contributed by atoms with van der Waals surface area (Å²) in [4.78, 5) is 27.1. The molecule has 0 N–H and O–H groups in total. The average molecular weight is 1110 g/mol. The number of fused-ring (bicyclic) bond motifs is 12. The lowest BCUT2D eigenvalue weighted by Crippen LogP contribution is -2.04. The van der Waals surface area contributed by atoms with Crippen molar-refractivity contribution in [1.82, 2.24) is 34.1 Å². The van der Waals surface area contributed by atoms with Crippen LogP contribution >= 0.6 is 0 Å². The Bertz CT molecular complexity index is 5810. The van der Waals surface area contributed by atoms with Crippen LogP contribution < -0.4 is 0 Å². The maximum absolute atomic E-state index is 6.93. The minimum atomic E-state index is 0.523. The van der Waals surface area contributed by atoms with Crippen LogP contribution in [-0.2, 0) is 0 Å². The first-order valence-electron chi connectivity index (χ1n) is 29.3. The minimum Gasteiger partial charge on any atom is -0.434 e. The Morgan fingerprint density at radius 2 is 0.713 bits per heavy atom. The molecular formula is C79H47N7O. The molecule has 0 unspecified atom stereocenters. The van der Waals surface area contributed by atoms with Crippen LogP contribution in [0.3, 0.4) is 0 Å². The van der Waals surface area contributed by atoms with Crippen LogP contribution in [0.1, 0.15) is 0 Å². The van der Waals surface area contributed by atoms with Crippen molar-refractivity contribution in [3.63, 3.8) is 0 Å². The number of para-hydroxylation sites is 4. The first kappa shape index (κ1) is 48.6. The zero-order valence-corrected chi connectivity index (χ0v) is 46.7. The first-order valence-corrected chi connectivity index (χ1v) is 29.3. The second-order valence-corrected chi connectivity index (χ2v) is 22.3. The van der Waals surface area contributed by atoms with Gasteiger partial charge in [0.1, 0.15) is 11.0 Å². The van der Waals surface area contributed by atoms with Gasteiger partial charge in [0.05, 0.1) is 39.0 Å². The highest BCUT2D eigenvalue weighted by atomic mass is 16.3. The lowest BCUT2D eigenvalue weighted by Gasteiger charge is -2.14. The van der Waals surface area contributed by atoms with Crippen molar-refractivity contribution in [3.8, 4) is 79.2 Å². The molecule has 18 aromatic rings. The number of nitrogens with zero attached hydrogens (tertiary/aromatic N) is 7. The molecule has 404 valence electrons. The summed E-state index contributed by atoms with van der Waals surface area (Å²) in [5.74, 6) is 1.65. The number of rotatable bonds is 8. The molecule has 0 radical (unpaired) electrons. The van der Waals surface area contributed by atoms with E-state index in [2.05, 4.69) is 258 Å². The highest BCUT2D eigenvalue weighted by molar-refractivity contribution is 6.19. The Morgan fingerprint density at radius 1 is 0.253 bits per heavy atom. The minimum absolute atomic E-state index is 0.523. The summed E-state index contributed by atoms with van der Waals surface area (Å²) in [5.41, 5.74) is 18.2. The van der Waals surface area contributed by atoms with Crippen LogP contribution in [-0.4, -0.2) is 34.1 Å². The van der Waals surface area contributed by atoms with E-state index >= 15 is 0 Å². The lowest BCUT2D eigenvalue weighted by atomic mass is 9.96. The van der Waals surface area contributed by atoms with Crippen molar-refractivity contribution in [2.45, 2.75) is 0 Å². The molecule has 87 heavy (non-hydrogen) atoms. The molecule has 0 saturated carbocycles. The van der Waals surface area contributed by atoms with Gasteiger partial charge in [0.2, 0.25) is 17.8 Å². The summed E-state index contributed by atoms with van der Waals surface area (Å²) < 4.78 is 11.4. The van der Waals surface area contributed by atoms with E-state index < -0.39 is 0 Å². The van der Waals surface area contributed by atoms with Gasteiger partial charge in [-0.25, -0.2) is 24.9 Å². The molecule has 0 atom stereocenters. The van der Waals surface area contributed by atoms with Crippen molar-refractivity contribution >= 4 is 98.1 Å². The SMILES string of the molecule is c1ccc(-c2nc3ccc4c5cc(-c6cccc7c8ccccc8n(-c8nc(-c9ccc(-c%10cccc%11ccccc%10%11)cc9)c9ccccc9n8)c67)ccc5n(-c5nc(-c6ccc(-c7cccc8ccccc78)cc6)c6ccccc6n5)c4c3o2)cc1. The molecule has 0 saturated heterocycles. The van der Waals surface area contributed by atoms with Crippen molar-refractivity contribution in [2.75, 3.05) is 0 Å². The molecule has 0 aliphatic heterocycles. The van der Waals surface area contributed by atoms with Gasteiger partial charge in [-0.1, -0.05) is 231 Å². The summed E-state index contributed by atoms with van der Waals surface area (Å²) in [5, 5.41) is 11.0. The van der Waals surface area contributed by atoms with E-state index in [9.17, 15) is 0 Å². The third kappa shape index (κ3) is 7.75. The summed E-state index contributed by atoms with van der Waals surface area (Å²) in [7, 11) is 0. The zero-order chi connectivity index (χ0) is 57.1. The van der Waals surface area contributed by atoms with E-state index in [1.165, 1.54) is 32.7 Å². The number of hydrogen-bond acceptors (Lipinski definition) is 6. The molecule has 8 nitrogen and oxygen atoms in total. The van der Waals surface area contributed by atoms with Crippen LogP contribution in [0.2, 0.25) is 0 Å². The smallest absolute Gasteiger partial charge is 0.235 e. The monoisotopic (exact) mass is 1110 g/mol. The van der Waals surface area contributed by atoms with Gasteiger partial charge >= 0.3 is 0 Å². The lowest BCUT2D eigenvalue weighted by molar-refractivity contribution is 0.621. The van der Waals surface area contributed by atoms with E-state index in [0.717, 1.165) is 121 Å². The number of oxazole rings is 1. The molecule has 0 aliphatic carbocycles. The molecule has 13 aromatic carbocycles. The van der Waals surface area contributed by atoms with E-state index in [4.69, 9.17) is 29.3 Å². The van der Waals surface area contributed by atoms with E-state index in [1.54, 1.807) is 0 Å². The second kappa shape index (κ2) is 19.4. The predicted octanol–water partition coefficient (Wildman–Crippen LogP) is 20.2. The first-order chi connectivity index (χ1) is 43.1. The molecular weight excluding hydrogens is 1060 g/mol. The van der Waals surface area contributed by atoms with Gasteiger partial charge in [-0.15, -0.1) is 0 Å². The van der Waals surface area contributed by atoms with Crippen LogP contribution in [0.15, 0.2) is 290 Å². The van der Waals surface area contributed by atoms with Gasteiger partial charge in [-0.05, 0) is 104 Å². The molecule has 5 heterocycles. The van der Waals surface area contributed by atoms with Crippen molar-refractivity contribution in [1.29, 1.82) is 0 Å². The third-order valence-corrected chi connectivity index (χ3v) is 17.4. The van der Waals surface area contributed by atoms with Crippen LogP contribution in [0.25, 0.3) is 177 Å². The average Bonchev–Trinajstić information content (AvgIpc) is 1.72. The Balaban J connectivity index is 0.833. The van der Waals surface area contributed by atoms with Gasteiger partial charge in [-0.3, -0.25) is 9.13 Å². The second-order valence-electron chi connectivity index (χ2n) is 22.3. The fourth-order valence-corrected chi connectivity index (χ4v) is 13.4. The Hall–Kier alpha value is -11.9. The molecule has 0 bridgehead atoms. The van der Waals surface area contributed by atoms with E-state index in [-0.39, 0.29) is 0 Å². The summed E-state index contributed by atoms with van der Waals surface area (Å²) in [6.45, 7) is 0. The predicted molar refractivity (Wildman–Crippen MR) is 357 cm³/mol. The fourth-order valence-electron chi connectivity index (χ4n) is 13.4. The van der Waals surface area contributed by atoms with Crippen LogP contribution in [0.4, 0.5) is 0 Å². The molecule has 18 rings (SSSR count). The van der Waals surface area contributed by atoms with Gasteiger partial charge in [-0.2, -0.15) is 0 Å². The molecule has 0 spiro atoms. The molecule has 8 heteroatoms. The van der Waals surface area contributed by atoms with Crippen molar-refractivity contribution < 1.29 is 4.42 Å².